The van der Waals surface area contributed by atoms with E-state index in [1.165, 1.54) is 25.7 Å². The number of carbonyl (C=O) groups is 1. The van der Waals surface area contributed by atoms with Gasteiger partial charge < -0.3 is 5.11 Å². The monoisotopic (exact) mass is 430 g/mol. The second-order valence-electron chi connectivity index (χ2n) is 12.2. The first kappa shape index (κ1) is 23.2. The fraction of sp³-hybridized carbons (Fsp3) is 0.815. The number of hydrogen-bond acceptors (Lipinski definition) is 4. The Labute approximate surface area is 188 Å². The van der Waals surface area contributed by atoms with E-state index in [4.69, 9.17) is 5.26 Å². The molecule has 4 aliphatic rings. The Bertz CT molecular complexity index is 767. The minimum absolute atomic E-state index is 0.000108. The summed E-state index contributed by atoms with van der Waals surface area (Å²) in [5.41, 5.74) is 0.731. The molecule has 8 atom stereocenters. The Morgan fingerprint density at radius 3 is 2.68 bits per heavy atom. The van der Waals surface area contributed by atoms with E-state index < -0.39 is 11.7 Å². The van der Waals surface area contributed by atoms with Crippen LogP contribution < -0.4 is 0 Å². The molecular weight excluding hydrogens is 388 g/mol. The van der Waals surface area contributed by atoms with Crippen molar-refractivity contribution in [3.63, 3.8) is 0 Å². The van der Waals surface area contributed by atoms with Gasteiger partial charge in [0.05, 0.1) is 6.10 Å². The Kier molecular flexibility index (Phi) is 6.07. The molecule has 3 fully saturated rings. The summed E-state index contributed by atoms with van der Waals surface area (Å²) in [5.74, 6) is 3.32. The standard InChI is InChI=1S/C27H42O4/c1-17(7-6-12-25(2,3)31-30)20-8-9-21-19-16-24(29)23-15-18(28)10-13-27(23,5)22(19)11-14-26(20,21)4/h6,12,15,17,19-22,24,29-30H,7-11,13-14,16H2,1-5H3/b12-6+/t17-,19?,20?,21?,22?,24-,26?,27?/m1/s1. The highest BCUT2D eigenvalue weighted by molar-refractivity contribution is 5.91. The van der Waals surface area contributed by atoms with Crippen LogP contribution in [-0.2, 0) is 9.68 Å². The zero-order chi connectivity index (χ0) is 22.6. The molecule has 6 unspecified atom stereocenters. The molecule has 0 heterocycles. The summed E-state index contributed by atoms with van der Waals surface area (Å²) < 4.78 is 0. The minimum Gasteiger partial charge on any atom is -0.389 e. The van der Waals surface area contributed by atoms with Gasteiger partial charge in [-0.1, -0.05) is 32.9 Å². The van der Waals surface area contributed by atoms with Crippen LogP contribution in [0.4, 0.5) is 0 Å². The molecule has 0 amide bonds. The van der Waals surface area contributed by atoms with Gasteiger partial charge in [0.25, 0.3) is 0 Å². The van der Waals surface area contributed by atoms with E-state index in [0.717, 1.165) is 24.8 Å². The molecule has 0 aromatic carbocycles. The zero-order valence-corrected chi connectivity index (χ0v) is 20.1. The van der Waals surface area contributed by atoms with E-state index >= 15 is 0 Å². The number of ketones is 1. The van der Waals surface area contributed by atoms with Crippen molar-refractivity contribution in [1.29, 1.82) is 0 Å². The molecule has 4 rings (SSSR count). The maximum absolute atomic E-state index is 12.1. The van der Waals surface area contributed by atoms with Gasteiger partial charge in [-0.05, 0) is 111 Å². The average molecular weight is 431 g/mol. The fourth-order valence-corrected chi connectivity index (χ4v) is 8.34. The van der Waals surface area contributed by atoms with Gasteiger partial charge in [-0.15, -0.1) is 0 Å². The quantitative estimate of drug-likeness (QED) is 0.321. The Hall–Kier alpha value is -0.970. The third-order valence-electron chi connectivity index (χ3n) is 10.00. The van der Waals surface area contributed by atoms with E-state index in [0.29, 0.717) is 41.4 Å². The van der Waals surface area contributed by atoms with Gasteiger partial charge in [0.15, 0.2) is 5.78 Å². The number of carbonyl (C=O) groups excluding carboxylic acids is 1. The third kappa shape index (κ3) is 3.87. The molecule has 31 heavy (non-hydrogen) atoms. The molecule has 4 aliphatic carbocycles. The Morgan fingerprint density at radius 2 is 1.97 bits per heavy atom. The highest BCUT2D eigenvalue weighted by Gasteiger charge is 2.60. The molecule has 0 spiro atoms. The molecule has 2 N–H and O–H groups in total. The predicted octanol–water partition coefficient (Wildman–Crippen LogP) is 5.96. The molecule has 3 saturated carbocycles. The van der Waals surface area contributed by atoms with Crippen molar-refractivity contribution < 1.29 is 20.0 Å². The maximum atomic E-state index is 12.1. The summed E-state index contributed by atoms with van der Waals surface area (Å²) in [6.45, 7) is 11.0. The average Bonchev–Trinajstić information content (AvgIpc) is 3.07. The molecule has 0 aromatic heterocycles. The molecule has 4 heteroatoms. The summed E-state index contributed by atoms with van der Waals surface area (Å²) in [4.78, 5) is 16.6. The maximum Gasteiger partial charge on any atom is 0.155 e. The van der Waals surface area contributed by atoms with Crippen molar-refractivity contribution in [2.75, 3.05) is 0 Å². The first-order chi connectivity index (χ1) is 14.5. The van der Waals surface area contributed by atoms with E-state index in [1.807, 2.05) is 19.9 Å². The first-order valence-electron chi connectivity index (χ1n) is 12.4. The fourth-order valence-electron chi connectivity index (χ4n) is 8.34. The van der Waals surface area contributed by atoms with E-state index in [-0.39, 0.29) is 11.2 Å². The molecule has 174 valence electrons. The van der Waals surface area contributed by atoms with Crippen LogP contribution in [0.15, 0.2) is 23.8 Å². The van der Waals surface area contributed by atoms with Gasteiger partial charge in [-0.2, -0.15) is 0 Å². The van der Waals surface area contributed by atoms with Gasteiger partial charge in [0.2, 0.25) is 0 Å². The highest BCUT2D eigenvalue weighted by Crippen LogP contribution is 2.67. The second kappa shape index (κ2) is 8.11. The normalized spacial score (nSPS) is 43.9. The molecular formula is C27H42O4. The van der Waals surface area contributed by atoms with Crippen LogP contribution in [-0.4, -0.2) is 27.9 Å². The molecule has 0 bridgehead atoms. The Morgan fingerprint density at radius 1 is 1.23 bits per heavy atom. The lowest BCUT2D eigenvalue weighted by molar-refractivity contribution is -0.297. The first-order valence-corrected chi connectivity index (χ1v) is 12.4. The Balaban J connectivity index is 1.52. The lowest BCUT2D eigenvalue weighted by Crippen LogP contribution is -2.54. The van der Waals surface area contributed by atoms with Gasteiger partial charge in [0.1, 0.15) is 5.60 Å². The van der Waals surface area contributed by atoms with Crippen molar-refractivity contribution >= 4 is 5.78 Å². The lowest BCUT2D eigenvalue weighted by Gasteiger charge is -2.59. The SMILES string of the molecule is C[C@H](C/C=C/C(C)(C)OO)C1CCC2C3C[C@@H](O)C4=CC(=O)CCC4(C)C3CCC21C. The van der Waals surface area contributed by atoms with Crippen molar-refractivity contribution in [2.24, 2.45) is 40.4 Å². The van der Waals surface area contributed by atoms with Crippen molar-refractivity contribution in [1.82, 2.24) is 0 Å². The van der Waals surface area contributed by atoms with Crippen LogP contribution in [0.25, 0.3) is 0 Å². The van der Waals surface area contributed by atoms with E-state index in [1.54, 1.807) is 6.08 Å². The number of allylic oxidation sites excluding steroid dienone is 1. The number of hydrogen-bond donors (Lipinski definition) is 2. The third-order valence-corrected chi connectivity index (χ3v) is 10.00. The number of fused-ring (bicyclic) bond motifs is 5. The van der Waals surface area contributed by atoms with Crippen molar-refractivity contribution in [2.45, 2.75) is 97.7 Å². The largest absolute Gasteiger partial charge is 0.389 e. The van der Waals surface area contributed by atoms with E-state index in [9.17, 15) is 9.90 Å². The molecule has 4 nitrogen and oxygen atoms in total. The summed E-state index contributed by atoms with van der Waals surface area (Å²) in [5, 5.41) is 20.1. The summed E-state index contributed by atoms with van der Waals surface area (Å²) in [6, 6.07) is 0. The van der Waals surface area contributed by atoms with Gasteiger partial charge in [0, 0.05) is 6.42 Å². The predicted molar refractivity (Wildman–Crippen MR) is 122 cm³/mol. The van der Waals surface area contributed by atoms with Crippen LogP contribution in [0.2, 0.25) is 0 Å². The number of aliphatic hydroxyl groups excluding tert-OH is 1. The van der Waals surface area contributed by atoms with Crippen LogP contribution in [0.1, 0.15) is 86.0 Å². The van der Waals surface area contributed by atoms with Crippen LogP contribution in [0, 0.1) is 40.4 Å². The zero-order valence-electron chi connectivity index (χ0n) is 20.1. The minimum atomic E-state index is -0.639. The summed E-state index contributed by atoms with van der Waals surface area (Å²) in [7, 11) is 0. The number of rotatable bonds is 5. The van der Waals surface area contributed by atoms with Gasteiger partial charge in [-0.25, -0.2) is 4.89 Å². The molecule has 0 aromatic rings. The smallest absolute Gasteiger partial charge is 0.155 e. The highest BCUT2D eigenvalue weighted by atomic mass is 17.1. The number of aliphatic hydroxyl groups is 1. The molecule has 0 saturated heterocycles. The molecule has 0 aliphatic heterocycles. The van der Waals surface area contributed by atoms with Crippen molar-refractivity contribution in [3.05, 3.63) is 23.8 Å². The van der Waals surface area contributed by atoms with Crippen LogP contribution >= 0.6 is 0 Å². The van der Waals surface area contributed by atoms with Gasteiger partial charge >= 0.3 is 0 Å². The second-order valence-corrected chi connectivity index (χ2v) is 12.2. The molecule has 0 radical (unpaired) electrons. The van der Waals surface area contributed by atoms with Crippen LogP contribution in [0.3, 0.4) is 0 Å². The van der Waals surface area contributed by atoms with E-state index in [2.05, 4.69) is 31.7 Å². The topological polar surface area (TPSA) is 66.8 Å². The van der Waals surface area contributed by atoms with Gasteiger partial charge in [-0.3, -0.25) is 10.1 Å². The summed E-state index contributed by atoms with van der Waals surface area (Å²) >= 11 is 0. The summed E-state index contributed by atoms with van der Waals surface area (Å²) in [6.07, 6.45) is 13.9. The van der Waals surface area contributed by atoms with Crippen LogP contribution in [0.5, 0.6) is 0 Å². The lowest BCUT2D eigenvalue weighted by atomic mass is 9.46. The van der Waals surface area contributed by atoms with Crippen molar-refractivity contribution in [3.8, 4) is 0 Å².